The van der Waals surface area contributed by atoms with Gasteiger partial charge in [-0.15, -0.1) is 12.4 Å². The van der Waals surface area contributed by atoms with Crippen molar-refractivity contribution in [2.75, 3.05) is 23.7 Å². The van der Waals surface area contributed by atoms with Gasteiger partial charge in [0.25, 0.3) is 5.91 Å². The van der Waals surface area contributed by atoms with E-state index in [9.17, 15) is 4.79 Å². The first-order valence-electron chi connectivity index (χ1n) is 9.45. The lowest BCUT2D eigenvalue weighted by Crippen LogP contribution is -2.35. The van der Waals surface area contributed by atoms with E-state index in [1.54, 1.807) is 0 Å². The number of halogens is 1. The number of aryl methyl sites for hydroxylation is 1. The van der Waals surface area contributed by atoms with Gasteiger partial charge in [-0.1, -0.05) is 18.2 Å². The van der Waals surface area contributed by atoms with Crippen molar-refractivity contribution in [3.63, 3.8) is 0 Å². The largest absolute Gasteiger partial charge is 0.382 e. The Morgan fingerprint density at radius 1 is 1.04 bits per heavy atom. The molecule has 5 nitrogen and oxygen atoms in total. The Balaban J connectivity index is 0.00000225. The standard InChI is InChI=1S/C22H24N4O.ClH/c1-15-7-8-18-20(25-17-11-13-23-14-12-17)10-9-19(21(18)24-15)22(27)26-16-5-3-2-4-6-16;/h2-10,17,23,25H,11-14H2,1H3,(H,26,27);1H. The lowest BCUT2D eigenvalue weighted by atomic mass is 10.0. The van der Waals surface area contributed by atoms with Crippen LogP contribution in [0.4, 0.5) is 11.4 Å². The maximum Gasteiger partial charge on any atom is 0.257 e. The van der Waals surface area contributed by atoms with E-state index in [2.05, 4.69) is 27.0 Å². The first kappa shape index (κ1) is 20.1. The van der Waals surface area contributed by atoms with E-state index in [4.69, 9.17) is 0 Å². The fourth-order valence-corrected chi connectivity index (χ4v) is 3.53. The third-order valence-electron chi connectivity index (χ3n) is 4.97. The zero-order valence-electron chi connectivity index (χ0n) is 15.9. The molecule has 1 aromatic heterocycles. The second-order valence-corrected chi connectivity index (χ2v) is 7.00. The van der Waals surface area contributed by atoms with Crippen molar-refractivity contribution < 1.29 is 4.79 Å². The number of fused-ring (bicyclic) bond motifs is 1. The van der Waals surface area contributed by atoms with Crippen LogP contribution in [-0.2, 0) is 0 Å². The Hall–Kier alpha value is -2.63. The number of nitrogens with zero attached hydrogens (tertiary/aromatic N) is 1. The molecular formula is C22H25ClN4O. The Morgan fingerprint density at radius 3 is 2.54 bits per heavy atom. The smallest absolute Gasteiger partial charge is 0.257 e. The van der Waals surface area contributed by atoms with E-state index < -0.39 is 0 Å². The highest BCUT2D eigenvalue weighted by Gasteiger charge is 2.17. The summed E-state index contributed by atoms with van der Waals surface area (Å²) in [5, 5.41) is 11.0. The number of carbonyl (C=O) groups excluding carboxylic acids is 1. The molecule has 146 valence electrons. The molecule has 0 aliphatic carbocycles. The molecule has 28 heavy (non-hydrogen) atoms. The zero-order chi connectivity index (χ0) is 18.6. The highest BCUT2D eigenvalue weighted by Crippen LogP contribution is 2.28. The van der Waals surface area contributed by atoms with Crippen molar-refractivity contribution in [2.45, 2.75) is 25.8 Å². The van der Waals surface area contributed by atoms with Crippen molar-refractivity contribution in [1.29, 1.82) is 0 Å². The number of rotatable bonds is 4. The predicted octanol–water partition coefficient (Wildman–Crippen LogP) is 4.38. The number of benzene rings is 2. The highest BCUT2D eigenvalue weighted by atomic mass is 35.5. The highest BCUT2D eigenvalue weighted by molar-refractivity contribution is 6.13. The van der Waals surface area contributed by atoms with Crippen LogP contribution >= 0.6 is 12.4 Å². The molecule has 0 bridgehead atoms. The van der Waals surface area contributed by atoms with Crippen LogP contribution in [0.25, 0.3) is 10.9 Å². The lowest BCUT2D eigenvalue weighted by Gasteiger charge is -2.25. The molecule has 3 aromatic rings. The predicted molar refractivity (Wildman–Crippen MR) is 118 cm³/mol. The molecule has 1 saturated heterocycles. The summed E-state index contributed by atoms with van der Waals surface area (Å²) in [5.74, 6) is -0.141. The van der Waals surface area contributed by atoms with Gasteiger partial charge < -0.3 is 16.0 Å². The first-order valence-corrected chi connectivity index (χ1v) is 9.45. The van der Waals surface area contributed by atoms with Crippen LogP contribution in [0.2, 0.25) is 0 Å². The normalized spacial score (nSPS) is 14.3. The Bertz CT molecular complexity index is 955. The molecule has 2 aromatic carbocycles. The van der Waals surface area contributed by atoms with E-state index in [1.807, 2.05) is 55.5 Å². The number of amides is 1. The maximum absolute atomic E-state index is 12.9. The Kier molecular flexibility index (Phi) is 6.49. The molecule has 1 aliphatic rings. The van der Waals surface area contributed by atoms with Gasteiger partial charge in [0.15, 0.2) is 0 Å². The van der Waals surface area contributed by atoms with Gasteiger partial charge in [0, 0.05) is 28.5 Å². The molecule has 2 heterocycles. The van der Waals surface area contributed by atoms with Gasteiger partial charge in [-0.25, -0.2) is 0 Å². The van der Waals surface area contributed by atoms with Gasteiger partial charge in [-0.3, -0.25) is 9.78 Å². The topological polar surface area (TPSA) is 66.0 Å². The van der Waals surface area contributed by atoms with Gasteiger partial charge >= 0.3 is 0 Å². The van der Waals surface area contributed by atoms with Crippen molar-refractivity contribution in [1.82, 2.24) is 10.3 Å². The molecule has 0 spiro atoms. The third kappa shape index (κ3) is 4.43. The minimum absolute atomic E-state index is 0. The summed E-state index contributed by atoms with van der Waals surface area (Å²) in [6.07, 6.45) is 2.19. The summed E-state index contributed by atoms with van der Waals surface area (Å²) in [4.78, 5) is 17.5. The number of hydrogen-bond donors (Lipinski definition) is 3. The maximum atomic E-state index is 12.9. The molecule has 1 fully saturated rings. The zero-order valence-corrected chi connectivity index (χ0v) is 16.7. The van der Waals surface area contributed by atoms with E-state index in [-0.39, 0.29) is 18.3 Å². The molecule has 4 rings (SSSR count). The molecule has 1 aliphatic heterocycles. The van der Waals surface area contributed by atoms with Gasteiger partial charge in [-0.2, -0.15) is 0 Å². The van der Waals surface area contributed by atoms with Crippen molar-refractivity contribution in [2.24, 2.45) is 0 Å². The number of carbonyl (C=O) groups is 1. The second-order valence-electron chi connectivity index (χ2n) is 7.00. The summed E-state index contributed by atoms with van der Waals surface area (Å²) in [7, 11) is 0. The summed E-state index contributed by atoms with van der Waals surface area (Å²) < 4.78 is 0. The number of nitrogens with one attached hydrogen (secondary N) is 3. The van der Waals surface area contributed by atoms with E-state index in [0.717, 1.165) is 53.9 Å². The van der Waals surface area contributed by atoms with Crippen LogP contribution < -0.4 is 16.0 Å². The lowest BCUT2D eigenvalue weighted by molar-refractivity contribution is 0.102. The third-order valence-corrected chi connectivity index (χ3v) is 4.97. The summed E-state index contributed by atoms with van der Waals surface area (Å²) in [5.41, 5.74) is 4.05. The number of anilines is 2. The summed E-state index contributed by atoms with van der Waals surface area (Å²) in [6.45, 7) is 4.01. The Morgan fingerprint density at radius 2 is 1.79 bits per heavy atom. The molecule has 6 heteroatoms. The second kappa shape index (κ2) is 9.04. The molecular weight excluding hydrogens is 372 g/mol. The number of piperidine rings is 1. The Labute approximate surface area is 171 Å². The fourth-order valence-electron chi connectivity index (χ4n) is 3.53. The summed E-state index contributed by atoms with van der Waals surface area (Å²) in [6, 6.07) is 17.9. The van der Waals surface area contributed by atoms with E-state index in [0.29, 0.717) is 11.6 Å². The van der Waals surface area contributed by atoms with Crippen LogP contribution in [0.5, 0.6) is 0 Å². The van der Waals surface area contributed by atoms with Crippen LogP contribution in [0.15, 0.2) is 54.6 Å². The summed E-state index contributed by atoms with van der Waals surface area (Å²) >= 11 is 0. The molecule has 0 unspecified atom stereocenters. The molecule has 0 atom stereocenters. The van der Waals surface area contributed by atoms with Gasteiger partial charge in [0.2, 0.25) is 0 Å². The van der Waals surface area contributed by atoms with Crippen molar-refractivity contribution in [3.05, 3.63) is 65.9 Å². The van der Waals surface area contributed by atoms with Crippen LogP contribution in [0.1, 0.15) is 28.9 Å². The van der Waals surface area contributed by atoms with Gasteiger partial charge in [0.05, 0.1) is 11.1 Å². The number of aromatic nitrogens is 1. The van der Waals surface area contributed by atoms with Crippen LogP contribution in [-0.4, -0.2) is 30.0 Å². The molecule has 0 radical (unpaired) electrons. The number of pyridine rings is 1. The number of para-hydroxylation sites is 1. The van der Waals surface area contributed by atoms with Crippen molar-refractivity contribution in [3.8, 4) is 0 Å². The number of hydrogen-bond acceptors (Lipinski definition) is 4. The SMILES string of the molecule is Cc1ccc2c(NC3CCNCC3)ccc(C(=O)Nc3ccccc3)c2n1.Cl. The van der Waals surface area contributed by atoms with Gasteiger partial charge in [-0.05, 0) is 69.3 Å². The molecule has 3 N–H and O–H groups in total. The van der Waals surface area contributed by atoms with Crippen LogP contribution in [0, 0.1) is 6.92 Å². The van der Waals surface area contributed by atoms with Crippen molar-refractivity contribution >= 4 is 40.6 Å². The monoisotopic (exact) mass is 396 g/mol. The van der Waals surface area contributed by atoms with Gasteiger partial charge in [0.1, 0.15) is 0 Å². The average molecular weight is 397 g/mol. The molecule has 0 saturated carbocycles. The van der Waals surface area contributed by atoms with E-state index in [1.165, 1.54) is 0 Å². The quantitative estimate of drug-likeness (QED) is 0.612. The molecule has 1 amide bonds. The minimum Gasteiger partial charge on any atom is -0.382 e. The first-order chi connectivity index (χ1) is 13.2. The van der Waals surface area contributed by atoms with Crippen LogP contribution in [0.3, 0.4) is 0 Å². The average Bonchev–Trinajstić information content (AvgIpc) is 2.69. The fraction of sp³-hybridized carbons (Fsp3) is 0.273. The minimum atomic E-state index is -0.141. The van der Waals surface area contributed by atoms with E-state index >= 15 is 0 Å².